The molecule has 3 N–H and O–H groups in total. The molecule has 1 atom stereocenters. The topological polar surface area (TPSA) is 96.0 Å². The Labute approximate surface area is 168 Å². The number of nitrogens with one attached hydrogen (secondary N) is 1. The van der Waals surface area contributed by atoms with Crippen molar-refractivity contribution in [1.29, 1.82) is 5.26 Å². The summed E-state index contributed by atoms with van der Waals surface area (Å²) in [4.78, 5) is 25.3. The van der Waals surface area contributed by atoms with Crippen molar-refractivity contribution >= 4 is 11.8 Å². The maximum Gasteiger partial charge on any atom is 0.240 e. The zero-order valence-corrected chi connectivity index (χ0v) is 15.6. The van der Waals surface area contributed by atoms with E-state index in [-0.39, 0.29) is 12.3 Å². The minimum atomic E-state index is -0.906. The SMILES string of the molecule is N#Cc1ccccc1C[C@H](NC(=O)C1c2ccccc2-c2ccccc21)C(N)=O. The van der Waals surface area contributed by atoms with Gasteiger partial charge in [-0.2, -0.15) is 5.26 Å². The van der Waals surface area contributed by atoms with E-state index in [0.29, 0.717) is 11.1 Å². The number of fused-ring (bicyclic) bond motifs is 3. The number of hydrogen-bond acceptors (Lipinski definition) is 3. The summed E-state index contributed by atoms with van der Waals surface area (Å²) in [7, 11) is 0. The molecule has 0 aromatic heterocycles. The van der Waals surface area contributed by atoms with E-state index >= 15 is 0 Å². The van der Waals surface area contributed by atoms with Crippen molar-refractivity contribution in [3.05, 3.63) is 95.1 Å². The molecule has 3 aromatic carbocycles. The number of carbonyl (C=O) groups is 2. The minimum absolute atomic E-state index is 0.167. The second-order valence-corrected chi connectivity index (χ2v) is 7.04. The number of carbonyl (C=O) groups excluding carboxylic acids is 2. The first kappa shape index (κ1) is 18.5. The highest BCUT2D eigenvalue weighted by atomic mass is 16.2. The Morgan fingerprint density at radius 3 is 2.07 bits per heavy atom. The molecule has 142 valence electrons. The quantitative estimate of drug-likeness (QED) is 0.711. The number of amides is 2. The summed E-state index contributed by atoms with van der Waals surface area (Å²) >= 11 is 0. The van der Waals surface area contributed by atoms with Crippen LogP contribution in [0.1, 0.15) is 28.2 Å². The first-order valence-electron chi connectivity index (χ1n) is 9.36. The molecular weight excluding hydrogens is 362 g/mol. The third-order valence-electron chi connectivity index (χ3n) is 5.32. The summed E-state index contributed by atoms with van der Waals surface area (Å²) in [6, 6.07) is 23.8. The van der Waals surface area contributed by atoms with Crippen molar-refractivity contribution in [2.45, 2.75) is 18.4 Å². The number of benzene rings is 3. The minimum Gasteiger partial charge on any atom is -0.368 e. The van der Waals surface area contributed by atoms with Gasteiger partial charge in [0.05, 0.1) is 17.6 Å². The van der Waals surface area contributed by atoms with Gasteiger partial charge in [0, 0.05) is 6.42 Å². The molecule has 3 aromatic rings. The van der Waals surface area contributed by atoms with Crippen LogP contribution >= 0.6 is 0 Å². The second kappa shape index (κ2) is 7.61. The third-order valence-corrected chi connectivity index (χ3v) is 5.32. The largest absolute Gasteiger partial charge is 0.368 e. The fourth-order valence-electron chi connectivity index (χ4n) is 3.94. The lowest BCUT2D eigenvalue weighted by Gasteiger charge is -2.20. The van der Waals surface area contributed by atoms with Crippen LogP contribution in [0, 0.1) is 11.3 Å². The Bertz CT molecular complexity index is 1100. The second-order valence-electron chi connectivity index (χ2n) is 7.04. The monoisotopic (exact) mass is 381 g/mol. The summed E-state index contributed by atoms with van der Waals surface area (Å²) in [5, 5.41) is 12.1. The number of hydrogen-bond donors (Lipinski definition) is 2. The molecule has 0 saturated heterocycles. The molecule has 0 unspecified atom stereocenters. The van der Waals surface area contributed by atoms with Gasteiger partial charge in [-0.25, -0.2) is 0 Å². The molecule has 0 heterocycles. The van der Waals surface area contributed by atoms with Crippen LogP contribution in [0.15, 0.2) is 72.8 Å². The van der Waals surface area contributed by atoms with E-state index in [2.05, 4.69) is 11.4 Å². The predicted octanol–water partition coefficient (Wildman–Crippen LogP) is 2.88. The Kier molecular flexibility index (Phi) is 4.84. The highest BCUT2D eigenvalue weighted by Gasteiger charge is 2.35. The number of primary amides is 1. The van der Waals surface area contributed by atoms with Crippen LogP contribution < -0.4 is 11.1 Å². The van der Waals surface area contributed by atoms with Gasteiger partial charge in [-0.1, -0.05) is 66.7 Å². The fraction of sp³-hybridized carbons (Fsp3) is 0.125. The lowest BCUT2D eigenvalue weighted by molar-refractivity contribution is -0.127. The highest BCUT2D eigenvalue weighted by Crippen LogP contribution is 2.44. The molecule has 29 heavy (non-hydrogen) atoms. The summed E-state index contributed by atoms with van der Waals surface area (Å²) in [5.41, 5.74) is 10.6. The van der Waals surface area contributed by atoms with Gasteiger partial charge >= 0.3 is 0 Å². The van der Waals surface area contributed by atoms with Crippen LogP contribution in [0.25, 0.3) is 11.1 Å². The first-order valence-corrected chi connectivity index (χ1v) is 9.36. The smallest absolute Gasteiger partial charge is 0.240 e. The van der Waals surface area contributed by atoms with Crippen LogP contribution in [0.3, 0.4) is 0 Å². The molecule has 2 amide bonds. The Morgan fingerprint density at radius 1 is 0.931 bits per heavy atom. The number of nitrogens with two attached hydrogens (primary N) is 1. The van der Waals surface area contributed by atoms with Crippen molar-refractivity contribution in [2.24, 2.45) is 5.73 Å². The summed E-state index contributed by atoms with van der Waals surface area (Å²) < 4.78 is 0. The number of rotatable bonds is 5. The van der Waals surface area contributed by atoms with Gasteiger partial charge in [0.25, 0.3) is 0 Å². The van der Waals surface area contributed by atoms with E-state index in [0.717, 1.165) is 22.3 Å². The number of nitrogens with zero attached hydrogens (tertiary/aromatic N) is 1. The van der Waals surface area contributed by atoms with Gasteiger partial charge < -0.3 is 11.1 Å². The molecule has 0 spiro atoms. The molecule has 1 aliphatic carbocycles. The predicted molar refractivity (Wildman–Crippen MR) is 110 cm³/mol. The Balaban J connectivity index is 1.64. The molecule has 0 bridgehead atoms. The third kappa shape index (κ3) is 3.37. The van der Waals surface area contributed by atoms with Crippen LogP contribution in [-0.4, -0.2) is 17.9 Å². The highest BCUT2D eigenvalue weighted by molar-refractivity contribution is 5.98. The van der Waals surface area contributed by atoms with Crippen LogP contribution in [0.4, 0.5) is 0 Å². The molecule has 5 heteroatoms. The van der Waals surface area contributed by atoms with Crippen molar-refractivity contribution < 1.29 is 9.59 Å². The molecule has 5 nitrogen and oxygen atoms in total. The van der Waals surface area contributed by atoms with Crippen LogP contribution in [0.2, 0.25) is 0 Å². The average Bonchev–Trinajstić information content (AvgIpc) is 3.08. The zero-order valence-electron chi connectivity index (χ0n) is 15.6. The van der Waals surface area contributed by atoms with Gasteiger partial charge in [0.1, 0.15) is 6.04 Å². The number of nitriles is 1. The maximum absolute atomic E-state index is 13.2. The van der Waals surface area contributed by atoms with E-state index < -0.39 is 17.9 Å². The van der Waals surface area contributed by atoms with Crippen molar-refractivity contribution in [3.8, 4) is 17.2 Å². The molecule has 0 fully saturated rings. The molecule has 0 aliphatic heterocycles. The van der Waals surface area contributed by atoms with Crippen molar-refractivity contribution in [3.63, 3.8) is 0 Å². The molecule has 0 saturated carbocycles. The van der Waals surface area contributed by atoms with Gasteiger partial charge in [-0.3, -0.25) is 9.59 Å². The van der Waals surface area contributed by atoms with Gasteiger partial charge in [-0.15, -0.1) is 0 Å². The van der Waals surface area contributed by atoms with Crippen LogP contribution in [0.5, 0.6) is 0 Å². The van der Waals surface area contributed by atoms with E-state index in [1.807, 2.05) is 48.5 Å². The molecular formula is C24H19N3O2. The Hall–Kier alpha value is -3.91. The van der Waals surface area contributed by atoms with Gasteiger partial charge in [0.2, 0.25) is 11.8 Å². The lowest BCUT2D eigenvalue weighted by Crippen LogP contribution is -2.47. The standard InChI is InChI=1S/C24H19N3O2/c25-14-16-8-2-1-7-15(16)13-21(23(26)28)27-24(29)22-19-11-5-3-9-17(19)18-10-4-6-12-20(18)22/h1-12,21-22H,13H2,(H2,26,28)(H,27,29)/t21-/m0/s1. The van der Waals surface area contributed by atoms with Crippen LogP contribution in [-0.2, 0) is 16.0 Å². The zero-order chi connectivity index (χ0) is 20.4. The van der Waals surface area contributed by atoms with Crippen molar-refractivity contribution in [1.82, 2.24) is 5.32 Å². The molecule has 0 radical (unpaired) electrons. The lowest BCUT2D eigenvalue weighted by atomic mass is 9.94. The molecule has 4 rings (SSSR count). The Morgan fingerprint density at radius 2 is 1.48 bits per heavy atom. The first-order chi connectivity index (χ1) is 14.1. The van der Waals surface area contributed by atoms with Gasteiger partial charge in [-0.05, 0) is 33.9 Å². The normalized spacial score (nSPS) is 13.1. The fourth-order valence-corrected chi connectivity index (χ4v) is 3.94. The van der Waals surface area contributed by atoms with E-state index in [9.17, 15) is 14.9 Å². The van der Waals surface area contributed by atoms with E-state index in [4.69, 9.17) is 5.73 Å². The summed E-state index contributed by atoms with van der Waals surface area (Å²) in [6.07, 6.45) is 0.167. The van der Waals surface area contributed by atoms with Crippen molar-refractivity contribution in [2.75, 3.05) is 0 Å². The average molecular weight is 381 g/mol. The maximum atomic E-state index is 13.2. The van der Waals surface area contributed by atoms with Gasteiger partial charge in [0.15, 0.2) is 0 Å². The van der Waals surface area contributed by atoms with E-state index in [1.54, 1.807) is 24.3 Å². The summed E-state index contributed by atoms with van der Waals surface area (Å²) in [5.74, 6) is -1.42. The summed E-state index contributed by atoms with van der Waals surface area (Å²) in [6.45, 7) is 0. The van der Waals surface area contributed by atoms with E-state index in [1.165, 1.54) is 0 Å². The molecule has 1 aliphatic rings.